The minimum absolute atomic E-state index is 0. The molecule has 1 fully saturated rings. The Morgan fingerprint density at radius 2 is 2.29 bits per heavy atom. The van der Waals surface area contributed by atoms with Gasteiger partial charge in [-0.25, -0.2) is 4.39 Å². The van der Waals surface area contributed by atoms with Gasteiger partial charge in [-0.3, -0.25) is 4.79 Å². The number of hydrogen-bond donors (Lipinski definition) is 1. The number of carbonyl (C=O) groups is 1. The van der Waals surface area contributed by atoms with Gasteiger partial charge in [-0.15, -0.1) is 12.4 Å². The molecule has 0 radical (unpaired) electrons. The molecule has 0 spiro atoms. The van der Waals surface area contributed by atoms with E-state index < -0.39 is 0 Å². The monoisotopic (exact) mass is 258 g/mol. The molecule has 0 bridgehead atoms. The maximum Gasteiger partial charge on any atom is 0.253 e. The van der Waals surface area contributed by atoms with Crippen LogP contribution in [0, 0.1) is 11.7 Å². The van der Waals surface area contributed by atoms with E-state index >= 15 is 0 Å². The van der Waals surface area contributed by atoms with Crippen LogP contribution in [0.2, 0.25) is 0 Å². The van der Waals surface area contributed by atoms with Crippen molar-refractivity contribution in [1.29, 1.82) is 0 Å². The predicted molar refractivity (Wildman–Crippen MR) is 66.7 cm³/mol. The van der Waals surface area contributed by atoms with E-state index in [1.54, 1.807) is 17.0 Å². The zero-order chi connectivity index (χ0) is 11.5. The largest absolute Gasteiger partial charge is 0.338 e. The highest BCUT2D eigenvalue weighted by Crippen LogP contribution is 2.17. The lowest BCUT2D eigenvalue weighted by Crippen LogP contribution is -2.29. The third kappa shape index (κ3) is 3.17. The second kappa shape index (κ2) is 5.98. The molecule has 2 N–H and O–H groups in total. The molecule has 1 unspecified atom stereocenters. The molecule has 1 aromatic rings. The summed E-state index contributed by atoms with van der Waals surface area (Å²) < 4.78 is 13.0. The highest BCUT2D eigenvalue weighted by Gasteiger charge is 2.25. The number of rotatable bonds is 2. The van der Waals surface area contributed by atoms with E-state index in [-0.39, 0.29) is 24.1 Å². The number of benzene rings is 1. The summed E-state index contributed by atoms with van der Waals surface area (Å²) in [7, 11) is 0. The molecule has 1 amide bonds. The zero-order valence-electron chi connectivity index (χ0n) is 9.43. The molecule has 94 valence electrons. The van der Waals surface area contributed by atoms with Gasteiger partial charge in [-0.2, -0.15) is 0 Å². The summed E-state index contributed by atoms with van der Waals surface area (Å²) in [4.78, 5) is 13.7. The van der Waals surface area contributed by atoms with E-state index in [2.05, 4.69) is 0 Å². The van der Waals surface area contributed by atoms with Gasteiger partial charge in [0.1, 0.15) is 5.82 Å². The fraction of sp³-hybridized carbons (Fsp3) is 0.417. The molecule has 1 aromatic carbocycles. The van der Waals surface area contributed by atoms with Gasteiger partial charge in [0.25, 0.3) is 5.91 Å². The van der Waals surface area contributed by atoms with E-state index in [4.69, 9.17) is 5.73 Å². The molecule has 0 aliphatic carbocycles. The number of likely N-dealkylation sites (tertiary alicyclic amines) is 1. The van der Waals surface area contributed by atoms with Gasteiger partial charge in [-0.1, -0.05) is 6.07 Å². The first-order chi connectivity index (χ1) is 7.70. The van der Waals surface area contributed by atoms with Crippen molar-refractivity contribution in [3.05, 3.63) is 35.6 Å². The summed E-state index contributed by atoms with van der Waals surface area (Å²) in [5, 5.41) is 0. The SMILES string of the molecule is Cl.NCC1CCN(C(=O)c2cccc(F)c2)C1. The average Bonchev–Trinajstić information content (AvgIpc) is 2.76. The highest BCUT2D eigenvalue weighted by atomic mass is 35.5. The number of hydrogen-bond acceptors (Lipinski definition) is 2. The average molecular weight is 259 g/mol. The minimum Gasteiger partial charge on any atom is -0.338 e. The lowest BCUT2D eigenvalue weighted by molar-refractivity contribution is 0.0787. The first-order valence-electron chi connectivity index (χ1n) is 5.45. The highest BCUT2D eigenvalue weighted by molar-refractivity contribution is 5.94. The van der Waals surface area contributed by atoms with E-state index in [9.17, 15) is 9.18 Å². The van der Waals surface area contributed by atoms with Crippen molar-refractivity contribution in [2.24, 2.45) is 11.7 Å². The maximum atomic E-state index is 13.0. The summed E-state index contributed by atoms with van der Waals surface area (Å²) in [6, 6.07) is 5.81. The van der Waals surface area contributed by atoms with Crippen LogP contribution in [0.5, 0.6) is 0 Å². The topological polar surface area (TPSA) is 46.3 Å². The van der Waals surface area contributed by atoms with Gasteiger partial charge in [-0.05, 0) is 37.1 Å². The Morgan fingerprint density at radius 1 is 1.53 bits per heavy atom. The first-order valence-corrected chi connectivity index (χ1v) is 5.45. The summed E-state index contributed by atoms with van der Waals surface area (Å²) in [6.07, 6.45) is 0.942. The van der Waals surface area contributed by atoms with Crippen LogP contribution in [0.4, 0.5) is 4.39 Å². The standard InChI is InChI=1S/C12H15FN2O.ClH/c13-11-3-1-2-10(6-11)12(16)15-5-4-9(7-14)8-15;/h1-3,6,9H,4-5,7-8,14H2;1H. The molecule has 1 saturated heterocycles. The molecule has 1 atom stereocenters. The molecule has 1 aliphatic rings. The van der Waals surface area contributed by atoms with Gasteiger partial charge >= 0.3 is 0 Å². The smallest absolute Gasteiger partial charge is 0.253 e. The van der Waals surface area contributed by atoms with Crippen molar-refractivity contribution in [2.45, 2.75) is 6.42 Å². The lowest BCUT2D eigenvalue weighted by atomic mass is 10.1. The van der Waals surface area contributed by atoms with Crippen LogP contribution in [-0.4, -0.2) is 30.4 Å². The molecule has 17 heavy (non-hydrogen) atoms. The molecule has 2 rings (SSSR count). The molecule has 1 aliphatic heterocycles. The Balaban J connectivity index is 0.00000144. The number of nitrogens with two attached hydrogens (primary N) is 1. The van der Waals surface area contributed by atoms with E-state index in [0.717, 1.165) is 13.0 Å². The minimum atomic E-state index is -0.375. The summed E-state index contributed by atoms with van der Waals surface area (Å²) in [5.74, 6) is -0.0895. The van der Waals surface area contributed by atoms with Gasteiger partial charge in [0, 0.05) is 18.7 Å². The van der Waals surface area contributed by atoms with Crippen molar-refractivity contribution < 1.29 is 9.18 Å². The van der Waals surface area contributed by atoms with E-state index in [0.29, 0.717) is 24.6 Å². The third-order valence-electron chi connectivity index (χ3n) is 2.98. The lowest BCUT2D eigenvalue weighted by Gasteiger charge is -2.16. The Bertz CT molecular complexity index is 400. The fourth-order valence-corrected chi connectivity index (χ4v) is 2.01. The van der Waals surface area contributed by atoms with Crippen LogP contribution in [0.1, 0.15) is 16.8 Å². The van der Waals surface area contributed by atoms with Crippen LogP contribution >= 0.6 is 12.4 Å². The second-order valence-corrected chi connectivity index (χ2v) is 4.15. The van der Waals surface area contributed by atoms with Gasteiger partial charge in [0.2, 0.25) is 0 Å². The summed E-state index contributed by atoms with van der Waals surface area (Å²) >= 11 is 0. The Hall–Kier alpha value is -1.13. The molecular weight excluding hydrogens is 243 g/mol. The number of amides is 1. The molecule has 5 heteroatoms. The molecule has 3 nitrogen and oxygen atoms in total. The summed E-state index contributed by atoms with van der Waals surface area (Å²) in [6.45, 7) is 2.01. The summed E-state index contributed by atoms with van der Waals surface area (Å²) in [5.41, 5.74) is 5.98. The normalized spacial score (nSPS) is 18.9. The molecular formula is C12H16ClFN2O. The number of nitrogens with zero attached hydrogens (tertiary/aromatic N) is 1. The molecule has 1 heterocycles. The van der Waals surface area contributed by atoms with Crippen molar-refractivity contribution in [1.82, 2.24) is 4.90 Å². The maximum absolute atomic E-state index is 13.0. The fourth-order valence-electron chi connectivity index (χ4n) is 2.01. The van der Waals surface area contributed by atoms with Gasteiger partial charge in [0.15, 0.2) is 0 Å². The van der Waals surface area contributed by atoms with Gasteiger partial charge in [0.05, 0.1) is 0 Å². The number of halogens is 2. The van der Waals surface area contributed by atoms with Crippen LogP contribution in [0.15, 0.2) is 24.3 Å². The van der Waals surface area contributed by atoms with Crippen molar-refractivity contribution >= 4 is 18.3 Å². The Kier molecular flexibility index (Phi) is 4.90. The number of carbonyl (C=O) groups excluding carboxylic acids is 1. The van der Waals surface area contributed by atoms with Crippen molar-refractivity contribution in [2.75, 3.05) is 19.6 Å². The Morgan fingerprint density at radius 3 is 2.88 bits per heavy atom. The van der Waals surface area contributed by atoms with Crippen LogP contribution < -0.4 is 5.73 Å². The van der Waals surface area contributed by atoms with Crippen molar-refractivity contribution in [3.63, 3.8) is 0 Å². The Labute approximate surface area is 106 Å². The van der Waals surface area contributed by atoms with Crippen LogP contribution in [0.3, 0.4) is 0 Å². The van der Waals surface area contributed by atoms with Crippen molar-refractivity contribution in [3.8, 4) is 0 Å². The predicted octanol–water partition coefficient (Wildman–Crippen LogP) is 1.67. The van der Waals surface area contributed by atoms with Gasteiger partial charge < -0.3 is 10.6 Å². The van der Waals surface area contributed by atoms with E-state index in [1.807, 2.05) is 0 Å². The third-order valence-corrected chi connectivity index (χ3v) is 2.98. The quantitative estimate of drug-likeness (QED) is 0.877. The zero-order valence-corrected chi connectivity index (χ0v) is 10.3. The second-order valence-electron chi connectivity index (χ2n) is 4.15. The molecule has 0 saturated carbocycles. The first kappa shape index (κ1) is 13.9. The van der Waals surface area contributed by atoms with Crippen LogP contribution in [-0.2, 0) is 0 Å². The van der Waals surface area contributed by atoms with Crippen LogP contribution in [0.25, 0.3) is 0 Å². The van der Waals surface area contributed by atoms with E-state index in [1.165, 1.54) is 12.1 Å². The molecule has 0 aromatic heterocycles.